The zero-order valence-corrected chi connectivity index (χ0v) is 15.0. The minimum absolute atomic E-state index is 0.515. The van der Waals surface area contributed by atoms with Gasteiger partial charge >= 0.3 is 0 Å². The van der Waals surface area contributed by atoms with Crippen LogP contribution < -0.4 is 5.32 Å². The summed E-state index contributed by atoms with van der Waals surface area (Å²) in [7, 11) is 0. The lowest BCUT2D eigenvalue weighted by Gasteiger charge is -2.39. The van der Waals surface area contributed by atoms with Gasteiger partial charge in [-0.3, -0.25) is 0 Å². The van der Waals surface area contributed by atoms with Gasteiger partial charge in [0.05, 0.1) is 0 Å². The zero-order valence-electron chi connectivity index (χ0n) is 15.0. The molecule has 1 aliphatic heterocycles. The summed E-state index contributed by atoms with van der Waals surface area (Å²) in [5.74, 6) is 1.90. The molecule has 1 atom stereocenters. The predicted octanol–water partition coefficient (Wildman–Crippen LogP) is 4.30. The van der Waals surface area contributed by atoms with Crippen LogP contribution in [0.2, 0.25) is 0 Å². The van der Waals surface area contributed by atoms with Crippen molar-refractivity contribution in [2.24, 2.45) is 17.3 Å². The first-order chi connectivity index (χ1) is 9.99. The van der Waals surface area contributed by atoms with Crippen LogP contribution in [0.3, 0.4) is 0 Å². The Labute approximate surface area is 133 Å². The summed E-state index contributed by atoms with van der Waals surface area (Å²) in [5, 5.41) is 3.71. The smallest absolute Gasteiger partial charge is 0.0195 e. The number of nitrogens with one attached hydrogen (secondary N) is 1. The van der Waals surface area contributed by atoms with Crippen LogP contribution in [0.4, 0.5) is 0 Å². The highest BCUT2D eigenvalue weighted by Crippen LogP contribution is 2.39. The average Bonchev–Trinajstić information content (AvgIpc) is 2.47. The Morgan fingerprint density at radius 2 is 1.67 bits per heavy atom. The second-order valence-corrected chi connectivity index (χ2v) is 8.58. The van der Waals surface area contributed by atoms with E-state index in [4.69, 9.17) is 0 Å². The van der Waals surface area contributed by atoms with Crippen LogP contribution in [0.15, 0.2) is 0 Å². The van der Waals surface area contributed by atoms with Crippen molar-refractivity contribution in [1.29, 1.82) is 0 Å². The maximum atomic E-state index is 3.71. The number of rotatable bonds is 5. The normalized spacial score (nSPS) is 31.6. The van der Waals surface area contributed by atoms with E-state index in [1.54, 1.807) is 0 Å². The molecule has 2 aliphatic rings. The van der Waals surface area contributed by atoms with E-state index in [2.05, 4.69) is 37.9 Å². The first-order valence-corrected chi connectivity index (χ1v) is 9.44. The molecule has 1 saturated heterocycles. The lowest BCUT2D eigenvalue weighted by molar-refractivity contribution is 0.120. The molecule has 0 aromatic carbocycles. The summed E-state index contributed by atoms with van der Waals surface area (Å²) in [4.78, 5) is 2.71. The molecule has 0 radical (unpaired) electrons. The summed E-state index contributed by atoms with van der Waals surface area (Å²) in [6.45, 7) is 14.7. The van der Waals surface area contributed by atoms with Crippen LogP contribution in [0, 0.1) is 17.3 Å². The Kier molecular flexibility index (Phi) is 6.55. The summed E-state index contributed by atoms with van der Waals surface area (Å²) in [6.07, 6.45) is 9.99. The number of hydrogen-bond donors (Lipinski definition) is 1. The predicted molar refractivity (Wildman–Crippen MR) is 92.7 cm³/mol. The highest BCUT2D eigenvalue weighted by atomic mass is 15.1. The third-order valence-corrected chi connectivity index (χ3v) is 5.93. The summed E-state index contributed by atoms with van der Waals surface area (Å²) >= 11 is 0. The molecule has 0 aromatic heterocycles. The van der Waals surface area contributed by atoms with Gasteiger partial charge in [0.15, 0.2) is 0 Å². The molecule has 1 saturated carbocycles. The van der Waals surface area contributed by atoms with Gasteiger partial charge in [-0.15, -0.1) is 0 Å². The minimum atomic E-state index is 0.515. The number of likely N-dealkylation sites (N-methyl/N-ethyl adjacent to an activating group) is 1. The van der Waals surface area contributed by atoms with Crippen molar-refractivity contribution in [2.45, 2.75) is 78.7 Å². The number of hydrogen-bond acceptors (Lipinski definition) is 2. The molecule has 0 spiro atoms. The fourth-order valence-corrected chi connectivity index (χ4v) is 4.30. The Morgan fingerprint density at radius 1 is 0.952 bits per heavy atom. The van der Waals surface area contributed by atoms with Crippen LogP contribution in [-0.2, 0) is 0 Å². The Hall–Kier alpha value is -0.0800. The third kappa shape index (κ3) is 5.56. The maximum absolute atomic E-state index is 3.71. The highest BCUT2D eigenvalue weighted by molar-refractivity contribution is 4.83. The lowest BCUT2D eigenvalue weighted by Crippen LogP contribution is -2.45. The molecule has 21 heavy (non-hydrogen) atoms. The van der Waals surface area contributed by atoms with Crippen molar-refractivity contribution in [3.05, 3.63) is 0 Å². The molecule has 0 aromatic rings. The van der Waals surface area contributed by atoms with Gasteiger partial charge in [-0.05, 0) is 68.9 Å². The van der Waals surface area contributed by atoms with Crippen LogP contribution in [0.25, 0.3) is 0 Å². The molecular weight excluding hydrogens is 256 g/mol. The van der Waals surface area contributed by atoms with Crippen molar-refractivity contribution in [1.82, 2.24) is 10.2 Å². The quantitative estimate of drug-likeness (QED) is 0.813. The van der Waals surface area contributed by atoms with E-state index < -0.39 is 0 Å². The van der Waals surface area contributed by atoms with Crippen molar-refractivity contribution in [3.63, 3.8) is 0 Å². The first-order valence-electron chi connectivity index (χ1n) is 9.44. The molecule has 2 heteroatoms. The number of piperidine rings is 1. The zero-order chi connectivity index (χ0) is 15.3. The van der Waals surface area contributed by atoms with E-state index in [0.717, 1.165) is 17.9 Å². The number of nitrogens with zero attached hydrogens (tertiary/aromatic N) is 1. The van der Waals surface area contributed by atoms with E-state index in [9.17, 15) is 0 Å². The second-order valence-electron chi connectivity index (χ2n) is 8.58. The van der Waals surface area contributed by atoms with Gasteiger partial charge in [-0.2, -0.15) is 0 Å². The molecule has 1 heterocycles. The van der Waals surface area contributed by atoms with E-state index in [1.165, 1.54) is 71.1 Å². The molecule has 124 valence electrons. The summed E-state index contributed by atoms with van der Waals surface area (Å²) < 4.78 is 0. The van der Waals surface area contributed by atoms with Gasteiger partial charge in [-0.1, -0.05) is 34.1 Å². The van der Waals surface area contributed by atoms with Crippen LogP contribution in [0.5, 0.6) is 0 Å². The summed E-state index contributed by atoms with van der Waals surface area (Å²) in [6, 6.07) is 0.754. The van der Waals surface area contributed by atoms with Crippen molar-refractivity contribution >= 4 is 0 Å². The molecule has 1 unspecified atom stereocenters. The molecule has 2 nitrogen and oxygen atoms in total. The minimum Gasteiger partial charge on any atom is -0.313 e. The first kappa shape index (κ1) is 17.3. The van der Waals surface area contributed by atoms with Gasteiger partial charge in [0.1, 0.15) is 0 Å². The Balaban J connectivity index is 1.72. The fraction of sp³-hybridized carbons (Fsp3) is 1.00. The van der Waals surface area contributed by atoms with Gasteiger partial charge < -0.3 is 10.2 Å². The second kappa shape index (κ2) is 7.97. The van der Waals surface area contributed by atoms with Gasteiger partial charge in [-0.25, -0.2) is 0 Å². The van der Waals surface area contributed by atoms with E-state index in [1.807, 2.05) is 0 Å². The van der Waals surface area contributed by atoms with Crippen molar-refractivity contribution in [3.8, 4) is 0 Å². The Morgan fingerprint density at radius 3 is 2.19 bits per heavy atom. The standard InChI is InChI=1S/C19H38N2/c1-5-21(15-18-8-6-7-13-20-18)14-16-9-11-17(12-10-16)19(2,3)4/h16-18,20H,5-15H2,1-4H3. The van der Waals surface area contributed by atoms with Gasteiger partial charge in [0.25, 0.3) is 0 Å². The maximum Gasteiger partial charge on any atom is 0.0195 e. The van der Waals surface area contributed by atoms with Crippen molar-refractivity contribution in [2.75, 3.05) is 26.2 Å². The topological polar surface area (TPSA) is 15.3 Å². The SMILES string of the molecule is CCN(CC1CCC(C(C)(C)C)CC1)CC1CCCCN1. The third-order valence-electron chi connectivity index (χ3n) is 5.93. The van der Waals surface area contributed by atoms with E-state index in [0.29, 0.717) is 5.41 Å². The van der Waals surface area contributed by atoms with Crippen LogP contribution in [0.1, 0.15) is 72.6 Å². The molecule has 1 aliphatic carbocycles. The monoisotopic (exact) mass is 294 g/mol. The molecule has 1 N–H and O–H groups in total. The lowest BCUT2D eigenvalue weighted by atomic mass is 9.70. The molecular formula is C19H38N2. The average molecular weight is 295 g/mol. The molecule has 2 rings (SSSR count). The summed E-state index contributed by atoms with van der Waals surface area (Å²) in [5.41, 5.74) is 0.515. The largest absolute Gasteiger partial charge is 0.313 e. The van der Waals surface area contributed by atoms with Crippen LogP contribution >= 0.6 is 0 Å². The van der Waals surface area contributed by atoms with Crippen molar-refractivity contribution < 1.29 is 0 Å². The van der Waals surface area contributed by atoms with Crippen LogP contribution in [-0.4, -0.2) is 37.1 Å². The molecule has 0 amide bonds. The molecule has 2 fully saturated rings. The van der Waals surface area contributed by atoms with Gasteiger partial charge in [0, 0.05) is 19.1 Å². The van der Waals surface area contributed by atoms with E-state index in [-0.39, 0.29) is 0 Å². The Bertz CT molecular complexity index is 280. The highest BCUT2D eigenvalue weighted by Gasteiger charge is 2.30. The fourth-order valence-electron chi connectivity index (χ4n) is 4.30. The molecule has 0 bridgehead atoms. The van der Waals surface area contributed by atoms with Gasteiger partial charge in [0.2, 0.25) is 0 Å². The van der Waals surface area contributed by atoms with E-state index >= 15 is 0 Å².